The zero-order chi connectivity index (χ0) is 16.5. The van der Waals surface area contributed by atoms with Gasteiger partial charge in [-0.3, -0.25) is 4.79 Å². The zero-order valence-corrected chi connectivity index (χ0v) is 16.6. The maximum absolute atomic E-state index is 13.1. The van der Waals surface area contributed by atoms with Crippen LogP contribution in [0.3, 0.4) is 0 Å². The Hall–Kier alpha value is -1.66. The molecule has 1 fully saturated rings. The van der Waals surface area contributed by atoms with E-state index in [1.807, 2.05) is 52.7 Å². The summed E-state index contributed by atoms with van der Waals surface area (Å²) in [6, 6.07) is 14.0. The Labute approximate surface area is 169 Å². The van der Waals surface area contributed by atoms with Gasteiger partial charge >= 0.3 is 0 Å². The summed E-state index contributed by atoms with van der Waals surface area (Å²) < 4.78 is 0. The number of nitrogens with two attached hydrogens (primary N) is 1. The van der Waals surface area contributed by atoms with Gasteiger partial charge in [-0.15, -0.1) is 36.2 Å². The van der Waals surface area contributed by atoms with E-state index in [2.05, 4.69) is 0 Å². The predicted octanol–water partition coefficient (Wildman–Crippen LogP) is 4.37. The van der Waals surface area contributed by atoms with Crippen molar-refractivity contribution >= 4 is 53.0 Å². The maximum Gasteiger partial charge on any atom is 0.254 e. The number of para-hydroxylation sites is 1. The minimum absolute atomic E-state index is 0. The van der Waals surface area contributed by atoms with E-state index in [1.54, 1.807) is 11.3 Å². The standard InChI is InChI=1S/C19H19N3OS.2ClH/c20-13-7-9-22(10-8-13)19(23)15-12-17(18-6-3-11-24-18)21-16-5-2-1-4-14(15)16;;/h1-6,11-13H,7-10,20H2;2*1H. The number of rotatable bonds is 2. The maximum atomic E-state index is 13.1. The van der Waals surface area contributed by atoms with Crippen LogP contribution in [0.4, 0.5) is 0 Å². The number of carbonyl (C=O) groups is 1. The number of pyridine rings is 1. The Bertz CT molecular complexity index is 878. The molecule has 3 aromatic rings. The van der Waals surface area contributed by atoms with E-state index >= 15 is 0 Å². The van der Waals surface area contributed by atoms with Gasteiger partial charge in [-0.2, -0.15) is 0 Å². The van der Waals surface area contributed by atoms with Crippen LogP contribution < -0.4 is 5.73 Å². The van der Waals surface area contributed by atoms with E-state index < -0.39 is 0 Å². The number of nitrogens with zero attached hydrogens (tertiary/aromatic N) is 2. The number of carbonyl (C=O) groups excluding carboxylic acids is 1. The summed E-state index contributed by atoms with van der Waals surface area (Å²) in [6.07, 6.45) is 1.74. The molecule has 0 saturated carbocycles. The molecule has 2 aromatic heterocycles. The molecule has 1 aliphatic heterocycles. The molecule has 2 N–H and O–H groups in total. The Morgan fingerprint density at radius 1 is 1.12 bits per heavy atom. The Kier molecular flexibility index (Phi) is 7.01. The minimum Gasteiger partial charge on any atom is -0.339 e. The third-order valence-electron chi connectivity index (χ3n) is 4.55. The number of hydrogen-bond donors (Lipinski definition) is 1. The van der Waals surface area contributed by atoms with Crippen LogP contribution >= 0.6 is 36.2 Å². The summed E-state index contributed by atoms with van der Waals surface area (Å²) in [6.45, 7) is 1.45. The molecule has 0 radical (unpaired) electrons. The molecule has 26 heavy (non-hydrogen) atoms. The molecule has 0 spiro atoms. The molecule has 7 heteroatoms. The molecule has 0 atom stereocenters. The molecular formula is C19H21Cl2N3OS. The van der Waals surface area contributed by atoms with Crippen molar-refractivity contribution < 1.29 is 4.79 Å². The molecule has 1 saturated heterocycles. The minimum atomic E-state index is 0. The molecule has 0 unspecified atom stereocenters. The molecule has 138 valence electrons. The smallest absolute Gasteiger partial charge is 0.254 e. The Morgan fingerprint density at radius 3 is 2.54 bits per heavy atom. The fraction of sp³-hybridized carbons (Fsp3) is 0.263. The van der Waals surface area contributed by atoms with Crippen molar-refractivity contribution in [1.29, 1.82) is 0 Å². The lowest BCUT2D eigenvalue weighted by molar-refractivity contribution is 0.0716. The lowest BCUT2D eigenvalue weighted by Gasteiger charge is -2.30. The topological polar surface area (TPSA) is 59.2 Å². The van der Waals surface area contributed by atoms with E-state index in [9.17, 15) is 4.79 Å². The van der Waals surface area contributed by atoms with Crippen molar-refractivity contribution in [3.63, 3.8) is 0 Å². The number of likely N-dealkylation sites (tertiary alicyclic amines) is 1. The van der Waals surface area contributed by atoms with Gasteiger partial charge in [-0.1, -0.05) is 24.3 Å². The summed E-state index contributed by atoms with van der Waals surface area (Å²) in [5.41, 5.74) is 8.43. The first-order valence-electron chi connectivity index (χ1n) is 8.21. The van der Waals surface area contributed by atoms with E-state index in [4.69, 9.17) is 10.7 Å². The van der Waals surface area contributed by atoms with Gasteiger partial charge in [0.2, 0.25) is 0 Å². The van der Waals surface area contributed by atoms with E-state index in [-0.39, 0.29) is 36.8 Å². The molecule has 4 rings (SSSR count). The van der Waals surface area contributed by atoms with Gasteiger partial charge in [0.05, 0.1) is 21.7 Å². The highest BCUT2D eigenvalue weighted by atomic mass is 35.5. The van der Waals surface area contributed by atoms with Crippen LogP contribution in [0.15, 0.2) is 47.8 Å². The molecular weight excluding hydrogens is 389 g/mol. The summed E-state index contributed by atoms with van der Waals surface area (Å²) in [5, 5.41) is 2.94. The first-order valence-corrected chi connectivity index (χ1v) is 9.09. The second kappa shape index (κ2) is 8.82. The van der Waals surface area contributed by atoms with Crippen LogP contribution in [-0.2, 0) is 0 Å². The SMILES string of the molecule is Cl.Cl.NC1CCN(C(=O)c2cc(-c3cccs3)nc3ccccc23)CC1. The molecule has 0 bridgehead atoms. The Morgan fingerprint density at radius 2 is 1.85 bits per heavy atom. The third-order valence-corrected chi connectivity index (χ3v) is 5.44. The van der Waals surface area contributed by atoms with Crippen LogP contribution in [0.5, 0.6) is 0 Å². The zero-order valence-electron chi connectivity index (χ0n) is 14.1. The average Bonchev–Trinajstić information content (AvgIpc) is 3.15. The summed E-state index contributed by atoms with van der Waals surface area (Å²) in [7, 11) is 0. The first kappa shape index (κ1) is 20.6. The molecule has 4 nitrogen and oxygen atoms in total. The van der Waals surface area contributed by atoms with Crippen molar-refractivity contribution in [2.75, 3.05) is 13.1 Å². The van der Waals surface area contributed by atoms with Gasteiger partial charge in [0.15, 0.2) is 0 Å². The summed E-state index contributed by atoms with van der Waals surface area (Å²) >= 11 is 1.64. The normalized spacial score (nSPS) is 14.6. The third kappa shape index (κ3) is 4.01. The lowest BCUT2D eigenvalue weighted by Crippen LogP contribution is -2.42. The van der Waals surface area contributed by atoms with E-state index in [1.165, 1.54) is 0 Å². The van der Waals surface area contributed by atoms with Crippen LogP contribution in [0.25, 0.3) is 21.5 Å². The van der Waals surface area contributed by atoms with Crippen molar-refractivity contribution in [2.45, 2.75) is 18.9 Å². The molecule has 1 amide bonds. The van der Waals surface area contributed by atoms with Crippen molar-refractivity contribution in [1.82, 2.24) is 9.88 Å². The van der Waals surface area contributed by atoms with Crippen molar-refractivity contribution in [3.8, 4) is 10.6 Å². The number of benzene rings is 1. The van der Waals surface area contributed by atoms with Crippen LogP contribution in [0.2, 0.25) is 0 Å². The molecule has 0 aliphatic carbocycles. The average molecular weight is 410 g/mol. The highest BCUT2D eigenvalue weighted by Gasteiger charge is 2.24. The number of amides is 1. The number of thiophene rings is 1. The van der Waals surface area contributed by atoms with Crippen molar-refractivity contribution in [2.24, 2.45) is 5.73 Å². The summed E-state index contributed by atoms with van der Waals surface area (Å²) in [4.78, 5) is 20.8. The number of aromatic nitrogens is 1. The van der Waals surface area contributed by atoms with Gasteiger partial charge in [0.25, 0.3) is 5.91 Å². The highest BCUT2D eigenvalue weighted by molar-refractivity contribution is 7.13. The molecule has 3 heterocycles. The number of piperidine rings is 1. The van der Waals surface area contributed by atoms with Crippen LogP contribution in [-0.4, -0.2) is 34.9 Å². The first-order chi connectivity index (χ1) is 11.7. The fourth-order valence-electron chi connectivity index (χ4n) is 3.18. The van der Waals surface area contributed by atoms with E-state index in [0.29, 0.717) is 0 Å². The van der Waals surface area contributed by atoms with Crippen molar-refractivity contribution in [3.05, 3.63) is 53.4 Å². The largest absolute Gasteiger partial charge is 0.339 e. The van der Waals surface area contributed by atoms with Gasteiger partial charge in [0.1, 0.15) is 0 Å². The van der Waals surface area contributed by atoms with E-state index in [0.717, 1.165) is 53.0 Å². The van der Waals surface area contributed by atoms with Crippen LogP contribution in [0.1, 0.15) is 23.2 Å². The number of fused-ring (bicyclic) bond motifs is 1. The fourth-order valence-corrected chi connectivity index (χ4v) is 3.86. The Balaban J connectivity index is 0.00000121. The quantitative estimate of drug-likeness (QED) is 0.683. The van der Waals surface area contributed by atoms with Gasteiger partial charge in [0, 0.05) is 24.5 Å². The summed E-state index contributed by atoms with van der Waals surface area (Å²) in [5.74, 6) is 0.0818. The predicted molar refractivity (Wildman–Crippen MR) is 113 cm³/mol. The van der Waals surface area contributed by atoms with Gasteiger partial charge in [-0.05, 0) is 36.4 Å². The van der Waals surface area contributed by atoms with Gasteiger partial charge < -0.3 is 10.6 Å². The second-order valence-electron chi connectivity index (χ2n) is 6.18. The number of hydrogen-bond acceptors (Lipinski definition) is 4. The van der Waals surface area contributed by atoms with Gasteiger partial charge in [-0.25, -0.2) is 4.98 Å². The molecule has 1 aliphatic rings. The second-order valence-corrected chi connectivity index (χ2v) is 7.13. The molecule has 1 aromatic carbocycles. The number of halogens is 2. The van der Waals surface area contributed by atoms with Crippen LogP contribution in [0, 0.1) is 0 Å². The lowest BCUT2D eigenvalue weighted by atomic mass is 10.0. The monoisotopic (exact) mass is 409 g/mol. The highest BCUT2D eigenvalue weighted by Crippen LogP contribution is 2.29.